The molecule has 0 saturated heterocycles. The molecule has 2 aromatic rings. The molecule has 0 radical (unpaired) electrons. The molecule has 0 atom stereocenters. The highest BCUT2D eigenvalue weighted by Crippen LogP contribution is 2.23. The summed E-state index contributed by atoms with van der Waals surface area (Å²) in [7, 11) is 3.83. The zero-order valence-electron chi connectivity index (χ0n) is 12.0. The number of amides is 1. The third-order valence-electron chi connectivity index (χ3n) is 3.05. The van der Waals surface area contributed by atoms with Crippen molar-refractivity contribution in [2.24, 2.45) is 0 Å². The van der Waals surface area contributed by atoms with Crippen LogP contribution < -0.4 is 16.0 Å². The lowest BCUT2D eigenvalue weighted by atomic mass is 10.1. The van der Waals surface area contributed by atoms with E-state index < -0.39 is 0 Å². The maximum atomic E-state index is 12.2. The molecule has 0 heterocycles. The molecule has 0 bridgehead atoms. The van der Waals surface area contributed by atoms with E-state index in [4.69, 9.17) is 5.73 Å². The number of nitrogens with one attached hydrogen (secondary N) is 1. The Hall–Kier alpha value is -2.49. The average molecular weight is 269 g/mol. The van der Waals surface area contributed by atoms with Crippen LogP contribution in [0.4, 0.5) is 17.1 Å². The van der Waals surface area contributed by atoms with Crippen LogP contribution in [0, 0.1) is 6.92 Å². The number of carbonyl (C=O) groups is 1. The highest BCUT2D eigenvalue weighted by Gasteiger charge is 2.09. The van der Waals surface area contributed by atoms with E-state index in [-0.39, 0.29) is 5.91 Å². The molecule has 0 aromatic heterocycles. The molecule has 0 unspecified atom stereocenters. The van der Waals surface area contributed by atoms with Crippen molar-refractivity contribution in [3.63, 3.8) is 0 Å². The van der Waals surface area contributed by atoms with Crippen molar-refractivity contribution in [3.8, 4) is 0 Å². The normalized spacial score (nSPS) is 10.2. The summed E-state index contributed by atoms with van der Waals surface area (Å²) in [6.07, 6.45) is 0. The number of anilines is 3. The summed E-state index contributed by atoms with van der Waals surface area (Å²) in [5.74, 6) is -0.160. The summed E-state index contributed by atoms with van der Waals surface area (Å²) in [5.41, 5.74) is 9.88. The second-order valence-corrected chi connectivity index (χ2v) is 4.99. The van der Waals surface area contributed by atoms with Gasteiger partial charge in [0.05, 0.1) is 11.4 Å². The predicted octanol–water partition coefficient (Wildman–Crippen LogP) is 2.90. The molecule has 4 heteroatoms. The van der Waals surface area contributed by atoms with E-state index in [9.17, 15) is 4.79 Å². The van der Waals surface area contributed by atoms with Gasteiger partial charge in [0.1, 0.15) is 0 Å². The summed E-state index contributed by atoms with van der Waals surface area (Å²) in [6.45, 7) is 1.99. The molecule has 20 heavy (non-hydrogen) atoms. The second kappa shape index (κ2) is 5.65. The van der Waals surface area contributed by atoms with E-state index in [1.54, 1.807) is 12.1 Å². The second-order valence-electron chi connectivity index (χ2n) is 4.99. The van der Waals surface area contributed by atoms with Crippen LogP contribution in [-0.4, -0.2) is 20.0 Å². The first-order chi connectivity index (χ1) is 9.47. The number of hydrogen-bond donors (Lipinski definition) is 2. The summed E-state index contributed by atoms with van der Waals surface area (Å²) in [5, 5.41) is 2.87. The first kappa shape index (κ1) is 13.9. The average Bonchev–Trinajstić information content (AvgIpc) is 2.38. The molecular formula is C16H19N3O. The molecule has 0 fully saturated rings. The van der Waals surface area contributed by atoms with E-state index in [2.05, 4.69) is 5.32 Å². The van der Waals surface area contributed by atoms with E-state index in [1.807, 2.05) is 56.3 Å². The minimum absolute atomic E-state index is 0.160. The highest BCUT2D eigenvalue weighted by atomic mass is 16.1. The van der Waals surface area contributed by atoms with Gasteiger partial charge < -0.3 is 16.0 Å². The zero-order chi connectivity index (χ0) is 14.7. The third kappa shape index (κ3) is 3.09. The number of benzene rings is 2. The maximum Gasteiger partial charge on any atom is 0.255 e. The van der Waals surface area contributed by atoms with E-state index in [0.717, 1.165) is 16.9 Å². The smallest absolute Gasteiger partial charge is 0.255 e. The van der Waals surface area contributed by atoms with Gasteiger partial charge in [-0.05, 0) is 42.8 Å². The van der Waals surface area contributed by atoms with Crippen molar-refractivity contribution in [3.05, 3.63) is 53.6 Å². The number of nitrogen functional groups attached to an aromatic ring is 1. The Labute approximate surface area is 119 Å². The predicted molar refractivity (Wildman–Crippen MR) is 84.3 cm³/mol. The van der Waals surface area contributed by atoms with Crippen molar-refractivity contribution in [2.75, 3.05) is 30.0 Å². The Kier molecular flexibility index (Phi) is 3.94. The van der Waals surface area contributed by atoms with Gasteiger partial charge in [-0.3, -0.25) is 4.79 Å². The van der Waals surface area contributed by atoms with E-state index >= 15 is 0 Å². The minimum Gasteiger partial charge on any atom is -0.397 e. The molecule has 2 aromatic carbocycles. The lowest BCUT2D eigenvalue weighted by Gasteiger charge is -2.16. The van der Waals surface area contributed by atoms with Gasteiger partial charge in [-0.1, -0.05) is 12.1 Å². The van der Waals surface area contributed by atoms with Gasteiger partial charge >= 0.3 is 0 Å². The quantitative estimate of drug-likeness (QED) is 0.842. The SMILES string of the molecule is Cc1cccc(NC(=O)c2ccc(N(C)C)c(N)c2)c1. The lowest BCUT2D eigenvalue weighted by molar-refractivity contribution is 0.102. The Balaban J connectivity index is 2.19. The van der Waals surface area contributed by atoms with Gasteiger partial charge in [0, 0.05) is 25.3 Å². The molecular weight excluding hydrogens is 250 g/mol. The first-order valence-electron chi connectivity index (χ1n) is 6.42. The Morgan fingerprint density at radius 1 is 1.15 bits per heavy atom. The Morgan fingerprint density at radius 3 is 2.50 bits per heavy atom. The fraction of sp³-hybridized carbons (Fsp3) is 0.188. The van der Waals surface area contributed by atoms with Gasteiger partial charge in [0.15, 0.2) is 0 Å². The fourth-order valence-electron chi connectivity index (χ4n) is 2.03. The number of hydrogen-bond acceptors (Lipinski definition) is 3. The molecule has 104 valence electrons. The summed E-state index contributed by atoms with van der Waals surface area (Å²) >= 11 is 0. The van der Waals surface area contributed by atoms with Crippen LogP contribution in [0.25, 0.3) is 0 Å². The minimum atomic E-state index is -0.160. The van der Waals surface area contributed by atoms with Gasteiger partial charge in [-0.25, -0.2) is 0 Å². The molecule has 0 aliphatic rings. The Morgan fingerprint density at radius 2 is 1.90 bits per heavy atom. The topological polar surface area (TPSA) is 58.4 Å². The van der Waals surface area contributed by atoms with Crippen molar-refractivity contribution < 1.29 is 4.79 Å². The van der Waals surface area contributed by atoms with Crippen LogP contribution in [-0.2, 0) is 0 Å². The van der Waals surface area contributed by atoms with Gasteiger partial charge in [-0.15, -0.1) is 0 Å². The molecule has 0 saturated carbocycles. The highest BCUT2D eigenvalue weighted by molar-refractivity contribution is 6.05. The van der Waals surface area contributed by atoms with E-state index in [1.165, 1.54) is 0 Å². The Bertz CT molecular complexity index is 635. The summed E-state index contributed by atoms with van der Waals surface area (Å²) in [4.78, 5) is 14.1. The van der Waals surface area contributed by atoms with Crippen molar-refractivity contribution >= 4 is 23.0 Å². The molecule has 4 nitrogen and oxygen atoms in total. The van der Waals surface area contributed by atoms with Gasteiger partial charge in [0.2, 0.25) is 0 Å². The monoisotopic (exact) mass is 269 g/mol. The van der Waals surface area contributed by atoms with Crippen LogP contribution >= 0.6 is 0 Å². The summed E-state index contributed by atoms with van der Waals surface area (Å²) < 4.78 is 0. The largest absolute Gasteiger partial charge is 0.397 e. The van der Waals surface area contributed by atoms with Crippen LogP contribution in [0.3, 0.4) is 0 Å². The fourth-order valence-corrected chi connectivity index (χ4v) is 2.03. The van der Waals surface area contributed by atoms with Crippen LogP contribution in [0.1, 0.15) is 15.9 Å². The lowest BCUT2D eigenvalue weighted by Crippen LogP contribution is -2.15. The third-order valence-corrected chi connectivity index (χ3v) is 3.05. The maximum absolute atomic E-state index is 12.2. The van der Waals surface area contributed by atoms with Crippen LogP contribution in [0.5, 0.6) is 0 Å². The number of aryl methyl sites for hydroxylation is 1. The van der Waals surface area contributed by atoms with Crippen LogP contribution in [0.2, 0.25) is 0 Å². The van der Waals surface area contributed by atoms with Crippen molar-refractivity contribution in [2.45, 2.75) is 6.92 Å². The standard InChI is InChI=1S/C16H19N3O/c1-11-5-4-6-13(9-11)18-16(20)12-7-8-15(19(2)3)14(17)10-12/h4-10H,17H2,1-3H3,(H,18,20). The number of rotatable bonds is 3. The molecule has 0 aliphatic carbocycles. The van der Waals surface area contributed by atoms with Crippen molar-refractivity contribution in [1.82, 2.24) is 0 Å². The molecule has 3 N–H and O–H groups in total. The molecule has 2 rings (SSSR count). The van der Waals surface area contributed by atoms with Gasteiger partial charge in [0.25, 0.3) is 5.91 Å². The number of nitrogens with zero attached hydrogens (tertiary/aromatic N) is 1. The number of nitrogens with two attached hydrogens (primary N) is 1. The zero-order valence-corrected chi connectivity index (χ0v) is 12.0. The van der Waals surface area contributed by atoms with Crippen molar-refractivity contribution in [1.29, 1.82) is 0 Å². The van der Waals surface area contributed by atoms with Gasteiger partial charge in [-0.2, -0.15) is 0 Å². The molecule has 0 spiro atoms. The molecule has 0 aliphatic heterocycles. The first-order valence-corrected chi connectivity index (χ1v) is 6.42. The molecule has 1 amide bonds. The number of carbonyl (C=O) groups excluding carboxylic acids is 1. The van der Waals surface area contributed by atoms with E-state index in [0.29, 0.717) is 11.3 Å². The summed E-state index contributed by atoms with van der Waals surface area (Å²) in [6, 6.07) is 13.0. The van der Waals surface area contributed by atoms with Crippen LogP contribution in [0.15, 0.2) is 42.5 Å².